The van der Waals surface area contributed by atoms with Crippen molar-refractivity contribution in [2.75, 3.05) is 6.54 Å². The van der Waals surface area contributed by atoms with Gasteiger partial charge in [0.2, 0.25) is 0 Å². The summed E-state index contributed by atoms with van der Waals surface area (Å²) in [4.78, 5) is 29.8. The summed E-state index contributed by atoms with van der Waals surface area (Å²) in [6, 6.07) is 0. The van der Waals surface area contributed by atoms with Crippen LogP contribution in [0.5, 0.6) is 0 Å². The molecule has 6 heteroatoms. The van der Waals surface area contributed by atoms with Crippen LogP contribution in [0.3, 0.4) is 0 Å². The maximum atomic E-state index is 12.1. The number of amides is 1. The quantitative estimate of drug-likeness (QED) is 0.618. The maximum absolute atomic E-state index is 12.1. The Morgan fingerprint density at radius 3 is 2.90 bits per heavy atom. The third-order valence-electron chi connectivity index (χ3n) is 3.26. The van der Waals surface area contributed by atoms with Crippen molar-refractivity contribution in [2.24, 2.45) is 0 Å². The van der Waals surface area contributed by atoms with Crippen molar-refractivity contribution < 1.29 is 9.59 Å². The lowest BCUT2D eigenvalue weighted by atomic mass is 10.1. The van der Waals surface area contributed by atoms with Crippen LogP contribution in [-0.4, -0.2) is 33.3 Å². The Kier molecular flexibility index (Phi) is 4.34. The van der Waals surface area contributed by atoms with Gasteiger partial charge >= 0.3 is 0 Å². The van der Waals surface area contributed by atoms with Crippen molar-refractivity contribution in [1.29, 1.82) is 0 Å². The summed E-state index contributed by atoms with van der Waals surface area (Å²) in [5.74, 6) is -0.144. The standard InChI is InChI=1S/C14H18N4O2/c1-10-12(8-19)17-11(2)13(10)14(20)16-4-3-6-18-7-5-15-9-18/h5,7-9,17H,3-4,6H2,1-2H3,(H,16,20). The van der Waals surface area contributed by atoms with E-state index in [-0.39, 0.29) is 5.91 Å². The fourth-order valence-electron chi connectivity index (χ4n) is 2.20. The van der Waals surface area contributed by atoms with Gasteiger partial charge in [-0.15, -0.1) is 0 Å². The van der Waals surface area contributed by atoms with Gasteiger partial charge in [0, 0.05) is 31.2 Å². The van der Waals surface area contributed by atoms with Gasteiger partial charge in [-0.2, -0.15) is 0 Å². The van der Waals surface area contributed by atoms with E-state index in [0.29, 0.717) is 23.4 Å². The summed E-state index contributed by atoms with van der Waals surface area (Å²) >= 11 is 0. The Labute approximate surface area is 117 Å². The summed E-state index contributed by atoms with van der Waals surface area (Å²) in [6.45, 7) is 4.95. The number of nitrogens with one attached hydrogen (secondary N) is 2. The zero-order valence-electron chi connectivity index (χ0n) is 11.6. The molecule has 2 N–H and O–H groups in total. The van der Waals surface area contributed by atoms with Crippen molar-refractivity contribution >= 4 is 12.2 Å². The molecule has 0 unspecified atom stereocenters. The molecule has 2 aromatic rings. The lowest BCUT2D eigenvalue weighted by molar-refractivity contribution is 0.0951. The number of aryl methyl sites for hydroxylation is 2. The van der Waals surface area contributed by atoms with Crippen molar-refractivity contribution in [3.8, 4) is 0 Å². The fraction of sp³-hybridized carbons (Fsp3) is 0.357. The molecule has 2 rings (SSSR count). The second-order valence-electron chi connectivity index (χ2n) is 4.69. The monoisotopic (exact) mass is 274 g/mol. The minimum absolute atomic E-state index is 0.144. The second kappa shape index (κ2) is 6.18. The molecular weight excluding hydrogens is 256 g/mol. The molecular formula is C14H18N4O2. The predicted molar refractivity (Wildman–Crippen MR) is 74.8 cm³/mol. The first-order chi connectivity index (χ1) is 9.63. The summed E-state index contributed by atoms with van der Waals surface area (Å²) in [5, 5.41) is 2.87. The number of nitrogens with zero attached hydrogens (tertiary/aromatic N) is 2. The largest absolute Gasteiger partial charge is 0.356 e. The summed E-state index contributed by atoms with van der Waals surface area (Å²) in [6.07, 6.45) is 6.92. The van der Waals surface area contributed by atoms with Crippen LogP contribution >= 0.6 is 0 Å². The van der Waals surface area contributed by atoms with E-state index in [2.05, 4.69) is 15.3 Å². The third-order valence-corrected chi connectivity index (χ3v) is 3.26. The van der Waals surface area contributed by atoms with E-state index in [9.17, 15) is 9.59 Å². The van der Waals surface area contributed by atoms with Crippen LogP contribution in [-0.2, 0) is 6.54 Å². The third kappa shape index (κ3) is 2.96. The molecule has 0 aliphatic heterocycles. The van der Waals surface area contributed by atoms with Crippen LogP contribution in [0, 0.1) is 13.8 Å². The van der Waals surface area contributed by atoms with Crippen molar-refractivity contribution in [3.63, 3.8) is 0 Å². The molecule has 0 radical (unpaired) electrons. The lowest BCUT2D eigenvalue weighted by Crippen LogP contribution is -2.26. The molecule has 6 nitrogen and oxygen atoms in total. The average Bonchev–Trinajstić information content (AvgIpc) is 3.02. The molecule has 106 valence electrons. The topological polar surface area (TPSA) is 79.8 Å². The molecule has 2 aromatic heterocycles. The van der Waals surface area contributed by atoms with Crippen LogP contribution in [0.15, 0.2) is 18.7 Å². The second-order valence-corrected chi connectivity index (χ2v) is 4.69. The average molecular weight is 274 g/mol. The minimum Gasteiger partial charge on any atom is -0.356 e. The van der Waals surface area contributed by atoms with E-state index in [1.165, 1.54) is 0 Å². The normalized spacial score (nSPS) is 10.5. The van der Waals surface area contributed by atoms with E-state index >= 15 is 0 Å². The molecule has 0 atom stereocenters. The highest BCUT2D eigenvalue weighted by Gasteiger charge is 2.17. The number of aldehydes is 1. The summed E-state index contributed by atoms with van der Waals surface area (Å²) in [5.41, 5.74) is 2.45. The van der Waals surface area contributed by atoms with Crippen LogP contribution in [0.4, 0.5) is 0 Å². The molecule has 0 aromatic carbocycles. The molecule has 0 bridgehead atoms. The Hall–Kier alpha value is -2.37. The Morgan fingerprint density at radius 1 is 1.50 bits per heavy atom. The molecule has 0 fully saturated rings. The molecule has 20 heavy (non-hydrogen) atoms. The zero-order valence-corrected chi connectivity index (χ0v) is 11.6. The number of imidazole rings is 1. The number of hydrogen-bond donors (Lipinski definition) is 2. The van der Waals surface area contributed by atoms with Crippen molar-refractivity contribution in [2.45, 2.75) is 26.8 Å². The molecule has 0 saturated carbocycles. The number of H-pyrrole nitrogens is 1. The van der Waals surface area contributed by atoms with Gasteiger partial charge in [-0.25, -0.2) is 4.98 Å². The first-order valence-electron chi connectivity index (χ1n) is 6.51. The molecule has 0 aliphatic carbocycles. The number of aromatic amines is 1. The van der Waals surface area contributed by atoms with Gasteiger partial charge < -0.3 is 14.9 Å². The van der Waals surface area contributed by atoms with E-state index in [4.69, 9.17) is 0 Å². The highest BCUT2D eigenvalue weighted by Crippen LogP contribution is 2.16. The van der Waals surface area contributed by atoms with Crippen LogP contribution < -0.4 is 5.32 Å². The zero-order chi connectivity index (χ0) is 14.5. The number of carbonyl (C=O) groups excluding carboxylic acids is 2. The summed E-state index contributed by atoms with van der Waals surface area (Å²) < 4.78 is 1.96. The predicted octanol–water partition coefficient (Wildman–Crippen LogP) is 1.46. The molecule has 2 heterocycles. The number of hydrogen-bond acceptors (Lipinski definition) is 3. The van der Waals surface area contributed by atoms with Gasteiger partial charge in [0.1, 0.15) is 0 Å². The molecule has 0 saturated heterocycles. The first-order valence-corrected chi connectivity index (χ1v) is 6.51. The van der Waals surface area contributed by atoms with Gasteiger partial charge in [-0.1, -0.05) is 0 Å². The van der Waals surface area contributed by atoms with Gasteiger partial charge in [0.25, 0.3) is 5.91 Å². The highest BCUT2D eigenvalue weighted by molar-refractivity contribution is 5.99. The van der Waals surface area contributed by atoms with E-state index in [0.717, 1.165) is 24.9 Å². The minimum atomic E-state index is -0.144. The van der Waals surface area contributed by atoms with E-state index < -0.39 is 0 Å². The van der Waals surface area contributed by atoms with Crippen LogP contribution in [0.25, 0.3) is 0 Å². The fourth-order valence-corrected chi connectivity index (χ4v) is 2.20. The molecule has 0 aliphatic rings. The van der Waals surface area contributed by atoms with Crippen molar-refractivity contribution in [1.82, 2.24) is 19.9 Å². The number of aromatic nitrogens is 3. The summed E-state index contributed by atoms with van der Waals surface area (Å²) in [7, 11) is 0. The maximum Gasteiger partial charge on any atom is 0.253 e. The van der Waals surface area contributed by atoms with E-state index in [1.807, 2.05) is 10.8 Å². The van der Waals surface area contributed by atoms with Gasteiger partial charge in [-0.3, -0.25) is 9.59 Å². The Bertz CT molecular complexity index is 599. The van der Waals surface area contributed by atoms with E-state index in [1.54, 1.807) is 26.4 Å². The first kappa shape index (κ1) is 14.0. The van der Waals surface area contributed by atoms with Crippen LogP contribution in [0.1, 0.15) is 38.5 Å². The van der Waals surface area contributed by atoms with Crippen LogP contribution in [0.2, 0.25) is 0 Å². The van der Waals surface area contributed by atoms with Gasteiger partial charge in [0.05, 0.1) is 17.6 Å². The molecule has 0 spiro atoms. The highest BCUT2D eigenvalue weighted by atomic mass is 16.1. The Balaban J connectivity index is 1.89. The number of carbonyl (C=O) groups is 2. The SMILES string of the molecule is Cc1[nH]c(C=O)c(C)c1C(=O)NCCCn1ccnc1. The lowest BCUT2D eigenvalue weighted by Gasteiger charge is -2.06. The van der Waals surface area contributed by atoms with Gasteiger partial charge in [-0.05, 0) is 25.8 Å². The number of rotatable bonds is 6. The smallest absolute Gasteiger partial charge is 0.253 e. The van der Waals surface area contributed by atoms with Crippen molar-refractivity contribution in [3.05, 3.63) is 41.2 Å². The van der Waals surface area contributed by atoms with Gasteiger partial charge in [0.15, 0.2) is 6.29 Å². The molecule has 1 amide bonds. The Morgan fingerprint density at radius 2 is 2.30 bits per heavy atom.